The van der Waals surface area contributed by atoms with Crippen molar-refractivity contribution >= 4 is 43.3 Å². The number of carbonyl (C=O) groups is 1. The summed E-state index contributed by atoms with van der Waals surface area (Å²) in [4.78, 5) is 10.6. The molecule has 0 saturated carbocycles. The van der Waals surface area contributed by atoms with Crippen LogP contribution in [-0.2, 0) is 10.0 Å². The molecule has 94 valence electrons. The zero-order chi connectivity index (χ0) is 13.2. The summed E-state index contributed by atoms with van der Waals surface area (Å²) in [5.41, 5.74) is 0. The van der Waals surface area contributed by atoms with Gasteiger partial charge in [0.1, 0.15) is 9.77 Å². The standard InChI is InChI=1S/C9H10BrNO4S2/c1-3-5(2)11-17(14,15)7-4-6(9(12)13)16-8(7)10/h3-5,11H,1H2,2H3,(H,12,13). The van der Waals surface area contributed by atoms with Gasteiger partial charge in [-0.05, 0) is 28.9 Å². The average molecular weight is 340 g/mol. The molecular weight excluding hydrogens is 330 g/mol. The lowest BCUT2D eigenvalue weighted by atomic mass is 10.4. The van der Waals surface area contributed by atoms with Crippen molar-refractivity contribution in [1.29, 1.82) is 0 Å². The lowest BCUT2D eigenvalue weighted by Gasteiger charge is -2.08. The van der Waals surface area contributed by atoms with Crippen molar-refractivity contribution in [3.63, 3.8) is 0 Å². The molecule has 1 unspecified atom stereocenters. The second-order valence-corrected chi connectivity index (χ2v) is 7.25. The number of hydrogen-bond acceptors (Lipinski definition) is 4. The van der Waals surface area contributed by atoms with E-state index in [1.807, 2.05) is 0 Å². The van der Waals surface area contributed by atoms with E-state index < -0.39 is 22.0 Å². The Hall–Kier alpha value is -0.700. The third-order valence-corrected chi connectivity index (χ3v) is 5.65. The van der Waals surface area contributed by atoms with Crippen molar-refractivity contribution in [3.8, 4) is 0 Å². The molecule has 0 saturated heterocycles. The van der Waals surface area contributed by atoms with E-state index >= 15 is 0 Å². The van der Waals surface area contributed by atoms with Gasteiger partial charge < -0.3 is 5.11 Å². The molecule has 8 heteroatoms. The molecule has 0 aliphatic carbocycles. The molecule has 5 nitrogen and oxygen atoms in total. The van der Waals surface area contributed by atoms with Crippen LogP contribution in [0, 0.1) is 0 Å². The predicted molar refractivity (Wildman–Crippen MR) is 69.0 cm³/mol. The van der Waals surface area contributed by atoms with Crippen LogP contribution < -0.4 is 4.72 Å². The van der Waals surface area contributed by atoms with Crippen LogP contribution >= 0.6 is 27.3 Å². The highest BCUT2D eigenvalue weighted by Gasteiger charge is 2.23. The van der Waals surface area contributed by atoms with Gasteiger partial charge in [-0.15, -0.1) is 17.9 Å². The van der Waals surface area contributed by atoms with Crippen molar-refractivity contribution in [2.45, 2.75) is 17.9 Å². The van der Waals surface area contributed by atoms with Crippen LogP contribution in [-0.4, -0.2) is 25.5 Å². The fraction of sp³-hybridized carbons (Fsp3) is 0.222. The van der Waals surface area contributed by atoms with Crippen LogP contribution in [0.25, 0.3) is 0 Å². The van der Waals surface area contributed by atoms with Crippen molar-refractivity contribution in [2.24, 2.45) is 0 Å². The molecule has 0 aromatic carbocycles. The first kappa shape index (κ1) is 14.4. The second-order valence-electron chi connectivity index (χ2n) is 3.20. The lowest BCUT2D eigenvalue weighted by Crippen LogP contribution is -2.30. The van der Waals surface area contributed by atoms with E-state index in [1.54, 1.807) is 6.92 Å². The SMILES string of the molecule is C=CC(C)NS(=O)(=O)c1cc(C(=O)O)sc1Br. The molecule has 1 heterocycles. The number of aromatic carboxylic acids is 1. The molecule has 0 aliphatic rings. The number of nitrogens with one attached hydrogen (secondary N) is 1. The zero-order valence-corrected chi connectivity index (χ0v) is 12.0. The summed E-state index contributed by atoms with van der Waals surface area (Å²) in [7, 11) is -3.74. The highest BCUT2D eigenvalue weighted by molar-refractivity contribution is 9.11. The minimum Gasteiger partial charge on any atom is -0.477 e. The monoisotopic (exact) mass is 339 g/mol. The summed E-state index contributed by atoms with van der Waals surface area (Å²) in [6, 6.07) is 0.690. The number of carboxylic acids is 1. The van der Waals surface area contributed by atoms with Gasteiger partial charge in [-0.1, -0.05) is 6.08 Å². The highest BCUT2D eigenvalue weighted by atomic mass is 79.9. The molecule has 0 aliphatic heterocycles. The Morgan fingerprint density at radius 2 is 2.29 bits per heavy atom. The number of rotatable bonds is 5. The highest BCUT2D eigenvalue weighted by Crippen LogP contribution is 2.31. The minimum absolute atomic E-state index is 0.0384. The fourth-order valence-corrected chi connectivity index (χ4v) is 4.62. The third kappa shape index (κ3) is 3.38. The number of carboxylic acid groups (broad SMARTS) is 1. The quantitative estimate of drug-likeness (QED) is 0.804. The van der Waals surface area contributed by atoms with Gasteiger partial charge in [0.25, 0.3) is 0 Å². The van der Waals surface area contributed by atoms with Crippen molar-refractivity contribution in [2.75, 3.05) is 0 Å². The average Bonchev–Trinajstić information content (AvgIpc) is 2.60. The van der Waals surface area contributed by atoms with Crippen molar-refractivity contribution < 1.29 is 18.3 Å². The first-order valence-electron chi connectivity index (χ1n) is 4.45. The maximum Gasteiger partial charge on any atom is 0.345 e. The van der Waals surface area contributed by atoms with Gasteiger partial charge in [0.05, 0.1) is 3.79 Å². The summed E-state index contributed by atoms with van der Waals surface area (Å²) < 4.78 is 26.4. The molecule has 0 spiro atoms. The van der Waals surface area contributed by atoms with E-state index in [2.05, 4.69) is 27.2 Å². The summed E-state index contributed by atoms with van der Waals surface area (Å²) >= 11 is 3.90. The summed E-state index contributed by atoms with van der Waals surface area (Å²) in [5, 5.41) is 8.77. The van der Waals surface area contributed by atoms with Crippen LogP contribution in [0.5, 0.6) is 0 Å². The zero-order valence-electron chi connectivity index (χ0n) is 8.81. The molecule has 0 fully saturated rings. The van der Waals surface area contributed by atoms with Crippen LogP contribution in [0.4, 0.5) is 0 Å². The van der Waals surface area contributed by atoms with Crippen LogP contribution in [0.15, 0.2) is 27.4 Å². The first-order valence-corrected chi connectivity index (χ1v) is 7.54. The lowest BCUT2D eigenvalue weighted by molar-refractivity contribution is 0.0702. The van der Waals surface area contributed by atoms with Gasteiger partial charge in [-0.2, -0.15) is 0 Å². The van der Waals surface area contributed by atoms with Gasteiger partial charge >= 0.3 is 5.97 Å². The number of hydrogen-bond donors (Lipinski definition) is 2. The molecule has 0 bridgehead atoms. The van der Waals surface area contributed by atoms with E-state index in [0.29, 0.717) is 0 Å². The molecule has 1 aromatic heterocycles. The van der Waals surface area contributed by atoms with Crippen LogP contribution in [0.1, 0.15) is 16.6 Å². The molecule has 0 radical (unpaired) electrons. The van der Waals surface area contributed by atoms with E-state index in [4.69, 9.17) is 5.11 Å². The Morgan fingerprint density at radius 3 is 2.71 bits per heavy atom. The summed E-state index contributed by atoms with van der Waals surface area (Å²) in [6.07, 6.45) is 1.44. The van der Waals surface area contributed by atoms with Gasteiger partial charge in [0.15, 0.2) is 0 Å². The maximum absolute atomic E-state index is 11.9. The van der Waals surface area contributed by atoms with Gasteiger partial charge in [-0.3, -0.25) is 0 Å². The van der Waals surface area contributed by atoms with Crippen molar-refractivity contribution in [3.05, 3.63) is 27.4 Å². The molecule has 1 atom stereocenters. The first-order chi connectivity index (χ1) is 7.77. The summed E-state index contributed by atoms with van der Waals surface area (Å²) in [5.74, 6) is -1.16. The van der Waals surface area contributed by atoms with Crippen LogP contribution in [0.2, 0.25) is 0 Å². The maximum atomic E-state index is 11.9. The second kappa shape index (κ2) is 5.30. The Morgan fingerprint density at radius 1 is 1.71 bits per heavy atom. The Balaban J connectivity index is 3.15. The van der Waals surface area contributed by atoms with Crippen LogP contribution in [0.3, 0.4) is 0 Å². The molecule has 1 aromatic rings. The van der Waals surface area contributed by atoms with Gasteiger partial charge in [0, 0.05) is 6.04 Å². The fourth-order valence-electron chi connectivity index (χ4n) is 0.997. The Labute approximate surface area is 111 Å². The molecule has 0 amide bonds. The number of sulfonamides is 1. The Bertz CT molecular complexity index is 549. The van der Waals surface area contributed by atoms with E-state index in [1.165, 1.54) is 6.08 Å². The van der Waals surface area contributed by atoms with E-state index in [-0.39, 0.29) is 13.6 Å². The summed E-state index contributed by atoms with van der Waals surface area (Å²) in [6.45, 7) is 5.09. The smallest absolute Gasteiger partial charge is 0.345 e. The Kier molecular flexibility index (Phi) is 4.48. The number of thiophene rings is 1. The predicted octanol–water partition coefficient (Wildman–Crippen LogP) is 2.06. The topological polar surface area (TPSA) is 83.5 Å². The van der Waals surface area contributed by atoms with Gasteiger partial charge in [-0.25, -0.2) is 17.9 Å². The van der Waals surface area contributed by atoms with E-state index in [9.17, 15) is 13.2 Å². The molecule has 17 heavy (non-hydrogen) atoms. The third-order valence-electron chi connectivity index (χ3n) is 1.85. The largest absolute Gasteiger partial charge is 0.477 e. The molecular formula is C9H10BrNO4S2. The molecule has 2 N–H and O–H groups in total. The normalized spacial score (nSPS) is 13.3. The number of halogens is 1. The minimum atomic E-state index is -3.74. The molecule has 1 rings (SSSR count). The van der Waals surface area contributed by atoms with E-state index in [0.717, 1.165) is 17.4 Å². The van der Waals surface area contributed by atoms with Gasteiger partial charge in [0.2, 0.25) is 10.0 Å². The van der Waals surface area contributed by atoms with Crippen molar-refractivity contribution in [1.82, 2.24) is 4.72 Å².